The molecule has 0 bridgehead atoms. The Kier molecular flexibility index (Phi) is 9.04. The van der Waals surface area contributed by atoms with Crippen LogP contribution < -0.4 is 16.4 Å². The smallest absolute Gasteiger partial charge is 0.408 e. The van der Waals surface area contributed by atoms with Crippen LogP contribution in [-0.4, -0.2) is 52.9 Å². The number of alkyl carbamates (subject to hydrolysis) is 1. The van der Waals surface area contributed by atoms with E-state index in [0.29, 0.717) is 5.56 Å². The number of nitrogens with two attached hydrogens (primary N) is 1. The number of likely N-dealkylation sites (N-methyl/N-ethyl adjacent to an activating group) is 1. The zero-order valence-corrected chi connectivity index (χ0v) is 21.2. The molecule has 2 unspecified atom stereocenters. The molecule has 0 aliphatic carbocycles. The van der Waals surface area contributed by atoms with Crippen LogP contribution in [0.5, 0.6) is 0 Å². The summed E-state index contributed by atoms with van der Waals surface area (Å²) >= 11 is 0. The number of nitrogens with one attached hydrogen (secondary N) is 2. The molecule has 4 N–H and O–H groups in total. The summed E-state index contributed by atoms with van der Waals surface area (Å²) in [5, 5.41) is 5.32. The first kappa shape index (κ1) is 27.9. The highest BCUT2D eigenvalue weighted by molar-refractivity contribution is 5.94. The Balaban J connectivity index is 3.36. The molecule has 1 aromatic carbocycles. The first-order valence-corrected chi connectivity index (χ1v) is 10.8. The van der Waals surface area contributed by atoms with Crippen molar-refractivity contribution in [1.29, 1.82) is 0 Å². The molecule has 1 rings (SSSR count). The largest absolute Gasteiger partial charge is 0.444 e. The van der Waals surface area contributed by atoms with Crippen molar-refractivity contribution in [3.8, 4) is 0 Å². The zero-order valence-electron chi connectivity index (χ0n) is 21.2. The molecule has 0 heterocycles. The van der Waals surface area contributed by atoms with Gasteiger partial charge < -0.3 is 26.0 Å². The van der Waals surface area contributed by atoms with Crippen molar-refractivity contribution in [1.82, 2.24) is 15.5 Å². The van der Waals surface area contributed by atoms with Crippen LogP contribution in [0.1, 0.15) is 70.7 Å². The van der Waals surface area contributed by atoms with E-state index in [0.717, 1.165) is 11.1 Å². The lowest BCUT2D eigenvalue weighted by Gasteiger charge is -2.33. The van der Waals surface area contributed by atoms with Crippen molar-refractivity contribution in [2.24, 2.45) is 5.73 Å². The SMILES string of the molecule is Cc1cc(C)cc(C(C(=O)NC(C)(C)C)N(C)C(=O)C(CC(N)=O)NC(=O)OC(C)(C)C)c1. The minimum atomic E-state index is -1.29. The van der Waals surface area contributed by atoms with E-state index < -0.39 is 53.5 Å². The Bertz CT molecular complexity index is 879. The normalized spacial score (nSPS) is 13.5. The van der Waals surface area contributed by atoms with Gasteiger partial charge in [-0.1, -0.05) is 29.3 Å². The van der Waals surface area contributed by atoms with Crippen molar-refractivity contribution < 1.29 is 23.9 Å². The minimum Gasteiger partial charge on any atom is -0.444 e. The van der Waals surface area contributed by atoms with Crippen LogP contribution in [0.2, 0.25) is 0 Å². The quantitative estimate of drug-likeness (QED) is 0.573. The average molecular weight is 463 g/mol. The predicted octanol–water partition coefficient (Wildman–Crippen LogP) is 2.49. The summed E-state index contributed by atoms with van der Waals surface area (Å²) in [5.74, 6) is -1.81. The number of hydrogen-bond donors (Lipinski definition) is 3. The van der Waals surface area contributed by atoms with E-state index >= 15 is 0 Å². The van der Waals surface area contributed by atoms with Gasteiger partial charge in [0.1, 0.15) is 17.7 Å². The number of carbonyl (C=O) groups excluding carboxylic acids is 4. The first-order valence-electron chi connectivity index (χ1n) is 10.8. The fourth-order valence-electron chi connectivity index (χ4n) is 3.38. The van der Waals surface area contributed by atoms with Crippen molar-refractivity contribution in [3.63, 3.8) is 0 Å². The Morgan fingerprint density at radius 3 is 1.94 bits per heavy atom. The van der Waals surface area contributed by atoms with Crippen LogP contribution in [0.4, 0.5) is 4.79 Å². The number of nitrogens with zero attached hydrogens (tertiary/aromatic N) is 1. The van der Waals surface area contributed by atoms with E-state index in [4.69, 9.17) is 10.5 Å². The molecule has 0 spiro atoms. The maximum atomic E-state index is 13.4. The van der Waals surface area contributed by atoms with Gasteiger partial charge in [-0.3, -0.25) is 14.4 Å². The second kappa shape index (κ2) is 10.7. The van der Waals surface area contributed by atoms with Crippen LogP contribution in [0, 0.1) is 13.8 Å². The lowest BCUT2D eigenvalue weighted by molar-refractivity contribution is -0.142. The Morgan fingerprint density at radius 1 is 1.00 bits per heavy atom. The molecule has 0 aliphatic rings. The van der Waals surface area contributed by atoms with Crippen molar-refractivity contribution >= 4 is 23.8 Å². The summed E-state index contributed by atoms with van der Waals surface area (Å²) in [6, 6.07) is 3.33. The van der Waals surface area contributed by atoms with Crippen molar-refractivity contribution in [2.75, 3.05) is 7.05 Å². The minimum absolute atomic E-state index is 0.390. The summed E-state index contributed by atoms with van der Waals surface area (Å²) in [5.41, 5.74) is 6.45. The van der Waals surface area contributed by atoms with Crippen LogP contribution in [-0.2, 0) is 19.1 Å². The van der Waals surface area contributed by atoms with E-state index in [1.165, 1.54) is 11.9 Å². The van der Waals surface area contributed by atoms with Crippen LogP contribution >= 0.6 is 0 Å². The lowest BCUT2D eigenvalue weighted by Crippen LogP contribution is -2.54. The second-order valence-electron chi connectivity index (χ2n) is 10.4. The number of hydrogen-bond acceptors (Lipinski definition) is 5. The maximum absolute atomic E-state index is 13.4. The van der Waals surface area contributed by atoms with Gasteiger partial charge in [-0.15, -0.1) is 0 Å². The number of rotatable bonds is 7. The number of carbonyl (C=O) groups is 4. The Hall–Kier alpha value is -3.10. The van der Waals surface area contributed by atoms with Crippen LogP contribution in [0.3, 0.4) is 0 Å². The number of aryl methyl sites for hydroxylation is 2. The van der Waals surface area contributed by atoms with Gasteiger partial charge in [0.15, 0.2) is 0 Å². The van der Waals surface area contributed by atoms with Crippen LogP contribution in [0.25, 0.3) is 0 Å². The van der Waals surface area contributed by atoms with E-state index in [2.05, 4.69) is 10.6 Å². The number of amides is 4. The van der Waals surface area contributed by atoms with Crippen molar-refractivity contribution in [2.45, 2.75) is 85.0 Å². The number of benzene rings is 1. The molecule has 9 nitrogen and oxygen atoms in total. The Morgan fingerprint density at radius 2 is 1.52 bits per heavy atom. The molecule has 0 radical (unpaired) electrons. The molecule has 2 atom stereocenters. The number of primary amides is 1. The highest BCUT2D eigenvalue weighted by Crippen LogP contribution is 2.25. The summed E-state index contributed by atoms with van der Waals surface area (Å²) in [7, 11) is 1.46. The highest BCUT2D eigenvalue weighted by atomic mass is 16.6. The average Bonchev–Trinajstić information content (AvgIpc) is 2.55. The van der Waals surface area contributed by atoms with E-state index in [-0.39, 0.29) is 0 Å². The molecule has 0 saturated carbocycles. The summed E-state index contributed by atoms with van der Waals surface area (Å²) in [6.45, 7) is 14.3. The third kappa shape index (κ3) is 9.51. The zero-order chi connectivity index (χ0) is 25.7. The molecule has 0 fully saturated rings. The summed E-state index contributed by atoms with van der Waals surface area (Å²) in [6.07, 6.45) is -1.30. The lowest BCUT2D eigenvalue weighted by atomic mass is 9.97. The third-order valence-corrected chi connectivity index (χ3v) is 4.44. The van der Waals surface area contributed by atoms with Crippen LogP contribution in [0.15, 0.2) is 18.2 Å². The molecular weight excluding hydrogens is 424 g/mol. The molecule has 184 valence electrons. The molecule has 4 amide bonds. The monoisotopic (exact) mass is 462 g/mol. The van der Waals surface area contributed by atoms with Gasteiger partial charge in [-0.05, 0) is 61.0 Å². The molecule has 0 aliphatic heterocycles. The summed E-state index contributed by atoms with van der Waals surface area (Å²) < 4.78 is 5.22. The summed E-state index contributed by atoms with van der Waals surface area (Å²) in [4.78, 5) is 51.8. The van der Waals surface area contributed by atoms with Gasteiger partial charge in [-0.25, -0.2) is 4.79 Å². The maximum Gasteiger partial charge on any atom is 0.408 e. The highest BCUT2D eigenvalue weighted by Gasteiger charge is 2.36. The van der Waals surface area contributed by atoms with Gasteiger partial charge in [0.2, 0.25) is 17.7 Å². The Labute approximate surface area is 196 Å². The number of ether oxygens (including phenoxy) is 1. The van der Waals surface area contributed by atoms with Gasteiger partial charge >= 0.3 is 6.09 Å². The van der Waals surface area contributed by atoms with Gasteiger partial charge in [0.25, 0.3) is 0 Å². The van der Waals surface area contributed by atoms with E-state index in [1.807, 2.05) is 52.8 Å². The van der Waals surface area contributed by atoms with Crippen molar-refractivity contribution in [3.05, 3.63) is 34.9 Å². The topological polar surface area (TPSA) is 131 Å². The molecule has 9 heteroatoms. The van der Waals surface area contributed by atoms with E-state index in [1.54, 1.807) is 20.8 Å². The van der Waals surface area contributed by atoms with E-state index in [9.17, 15) is 19.2 Å². The fourth-order valence-corrected chi connectivity index (χ4v) is 3.38. The fraction of sp³-hybridized carbons (Fsp3) is 0.583. The standard InChI is InChI=1S/C24H38N4O5/c1-14-10-15(2)12-16(11-14)19(20(30)27-23(3,4)5)28(9)21(31)17(13-18(25)29)26-22(32)33-24(6,7)8/h10-12,17,19H,13H2,1-9H3,(H2,25,29)(H,26,32)(H,27,30). The second-order valence-corrected chi connectivity index (χ2v) is 10.4. The van der Waals surface area contributed by atoms with Gasteiger partial charge in [0, 0.05) is 12.6 Å². The third-order valence-electron chi connectivity index (χ3n) is 4.44. The molecule has 1 aromatic rings. The first-order chi connectivity index (χ1) is 14.9. The molecule has 33 heavy (non-hydrogen) atoms. The van der Waals surface area contributed by atoms with Gasteiger partial charge in [-0.2, -0.15) is 0 Å². The molecule has 0 aromatic heterocycles. The predicted molar refractivity (Wildman–Crippen MR) is 126 cm³/mol. The molecular formula is C24H38N4O5. The van der Waals surface area contributed by atoms with Gasteiger partial charge in [0.05, 0.1) is 6.42 Å². The molecule has 0 saturated heterocycles.